The summed E-state index contributed by atoms with van der Waals surface area (Å²) in [5, 5.41) is 9.60. The van der Waals surface area contributed by atoms with E-state index in [9.17, 15) is 4.79 Å². The molecule has 1 amide bonds. The maximum absolute atomic E-state index is 12.0. The third-order valence-corrected chi connectivity index (χ3v) is 4.38. The Hall–Kier alpha value is -1.98. The van der Waals surface area contributed by atoms with E-state index in [2.05, 4.69) is 10.3 Å². The molecule has 0 bridgehead atoms. The van der Waals surface area contributed by atoms with Crippen molar-refractivity contribution < 1.29 is 4.79 Å². The molecule has 2 aromatic heterocycles. The van der Waals surface area contributed by atoms with Crippen molar-refractivity contribution in [3.05, 3.63) is 63.8 Å². The zero-order valence-electron chi connectivity index (χ0n) is 10.6. The number of hydrogen-bond acceptors (Lipinski definition) is 4. The zero-order valence-corrected chi connectivity index (χ0v) is 12.2. The number of nitrogens with one attached hydrogen (secondary N) is 1. The van der Waals surface area contributed by atoms with Gasteiger partial charge in [0.15, 0.2) is 0 Å². The fraction of sp³-hybridized carbons (Fsp3) is 0.0667. The highest BCUT2D eigenvalue weighted by atomic mass is 32.1. The quantitative estimate of drug-likeness (QED) is 0.796. The molecule has 0 fully saturated rings. The summed E-state index contributed by atoms with van der Waals surface area (Å²) in [6, 6.07) is 11.8. The lowest BCUT2D eigenvalue weighted by Gasteiger charge is -2.02. The topological polar surface area (TPSA) is 42.0 Å². The molecule has 0 spiro atoms. The molecule has 1 N–H and O–H groups in total. The number of thiophene rings is 1. The largest absolute Gasteiger partial charge is 0.347 e. The molecule has 5 heteroatoms. The third-order valence-electron chi connectivity index (χ3n) is 2.80. The maximum atomic E-state index is 12.0. The number of aromatic nitrogens is 1. The second-order valence-corrected chi connectivity index (χ2v) is 5.86. The van der Waals surface area contributed by atoms with Gasteiger partial charge in [0.05, 0.1) is 0 Å². The zero-order chi connectivity index (χ0) is 13.8. The molecule has 1 aromatic carbocycles. The van der Waals surface area contributed by atoms with Crippen molar-refractivity contribution in [2.75, 3.05) is 0 Å². The average Bonchev–Trinajstić information content (AvgIpc) is 3.16. The fourth-order valence-corrected chi connectivity index (χ4v) is 3.28. The molecule has 0 aliphatic carbocycles. The van der Waals surface area contributed by atoms with Gasteiger partial charge in [-0.25, -0.2) is 4.98 Å². The molecule has 0 atom stereocenters. The molecule has 0 aliphatic heterocycles. The van der Waals surface area contributed by atoms with Crippen molar-refractivity contribution >= 4 is 28.6 Å². The number of carbonyl (C=O) groups is 1. The molecule has 0 radical (unpaired) electrons. The van der Waals surface area contributed by atoms with Crippen LogP contribution in [0.4, 0.5) is 0 Å². The molecule has 2 heterocycles. The lowest BCUT2D eigenvalue weighted by molar-refractivity contribution is 0.0946. The van der Waals surface area contributed by atoms with Crippen molar-refractivity contribution in [2.24, 2.45) is 0 Å². The van der Waals surface area contributed by atoms with Gasteiger partial charge in [-0.05, 0) is 17.0 Å². The third kappa shape index (κ3) is 2.95. The van der Waals surface area contributed by atoms with Crippen LogP contribution in [0, 0.1) is 0 Å². The van der Waals surface area contributed by atoms with E-state index in [1.165, 1.54) is 11.3 Å². The predicted octanol–water partition coefficient (Wildman–Crippen LogP) is 3.80. The number of nitrogens with zero attached hydrogens (tertiary/aromatic N) is 1. The van der Waals surface area contributed by atoms with Crippen molar-refractivity contribution in [3.63, 3.8) is 0 Å². The van der Waals surface area contributed by atoms with E-state index in [0.29, 0.717) is 12.2 Å². The summed E-state index contributed by atoms with van der Waals surface area (Å²) in [7, 11) is 0. The first-order valence-electron chi connectivity index (χ1n) is 6.13. The number of benzene rings is 1. The van der Waals surface area contributed by atoms with Crippen LogP contribution in [-0.4, -0.2) is 10.9 Å². The highest BCUT2D eigenvalue weighted by Crippen LogP contribution is 2.25. The number of rotatable bonds is 4. The summed E-state index contributed by atoms with van der Waals surface area (Å²) in [5.41, 5.74) is 2.63. The van der Waals surface area contributed by atoms with Crippen LogP contribution in [0.3, 0.4) is 0 Å². The molecule has 0 unspecified atom stereocenters. The van der Waals surface area contributed by atoms with Crippen molar-refractivity contribution in [1.29, 1.82) is 0 Å². The highest BCUT2D eigenvalue weighted by Gasteiger charge is 2.11. The average molecular weight is 300 g/mol. The molecule has 100 valence electrons. The van der Waals surface area contributed by atoms with Crippen molar-refractivity contribution in [2.45, 2.75) is 6.54 Å². The van der Waals surface area contributed by atoms with Crippen LogP contribution in [0.5, 0.6) is 0 Å². The van der Waals surface area contributed by atoms with Gasteiger partial charge in [0.2, 0.25) is 0 Å². The van der Waals surface area contributed by atoms with Gasteiger partial charge < -0.3 is 5.32 Å². The van der Waals surface area contributed by atoms with E-state index < -0.39 is 0 Å². The van der Waals surface area contributed by atoms with Crippen LogP contribution in [-0.2, 0) is 6.54 Å². The summed E-state index contributed by atoms with van der Waals surface area (Å²) >= 11 is 3.12. The lowest BCUT2D eigenvalue weighted by Crippen LogP contribution is -2.23. The number of thiazole rings is 1. The first-order chi connectivity index (χ1) is 9.83. The van der Waals surface area contributed by atoms with E-state index in [-0.39, 0.29) is 5.91 Å². The fourth-order valence-electron chi connectivity index (χ4n) is 1.77. The Labute approximate surface area is 124 Å². The van der Waals surface area contributed by atoms with E-state index in [1.807, 2.05) is 47.2 Å². The Morgan fingerprint density at radius 3 is 2.75 bits per heavy atom. The molecule has 3 rings (SSSR count). The molecule has 0 saturated heterocycles. The summed E-state index contributed by atoms with van der Waals surface area (Å²) in [6.07, 6.45) is 0. The van der Waals surface area contributed by atoms with Gasteiger partial charge in [0.1, 0.15) is 10.7 Å². The van der Waals surface area contributed by atoms with Crippen LogP contribution >= 0.6 is 22.7 Å². The summed E-state index contributed by atoms with van der Waals surface area (Å²) in [4.78, 5) is 16.4. The van der Waals surface area contributed by atoms with Gasteiger partial charge in [-0.2, -0.15) is 11.3 Å². The number of hydrogen-bond donors (Lipinski definition) is 1. The summed E-state index contributed by atoms with van der Waals surface area (Å²) in [6.45, 7) is 0.519. The summed E-state index contributed by atoms with van der Waals surface area (Å²) < 4.78 is 0. The molecule has 0 aliphatic rings. The van der Waals surface area contributed by atoms with Gasteiger partial charge in [0, 0.05) is 22.9 Å². The molecular formula is C15H12N2OS2. The molecule has 3 aromatic rings. The van der Waals surface area contributed by atoms with Crippen molar-refractivity contribution in [1.82, 2.24) is 10.3 Å². The van der Waals surface area contributed by atoms with Gasteiger partial charge in [-0.15, -0.1) is 11.3 Å². The van der Waals surface area contributed by atoms with E-state index in [0.717, 1.165) is 16.1 Å². The first kappa shape index (κ1) is 13.0. The van der Waals surface area contributed by atoms with Gasteiger partial charge >= 0.3 is 0 Å². The van der Waals surface area contributed by atoms with Gasteiger partial charge in [-0.1, -0.05) is 30.3 Å². The van der Waals surface area contributed by atoms with Gasteiger partial charge in [-0.3, -0.25) is 4.79 Å². The minimum absolute atomic E-state index is 0.133. The molecular weight excluding hydrogens is 288 g/mol. The Morgan fingerprint density at radius 2 is 2.00 bits per heavy atom. The van der Waals surface area contributed by atoms with E-state index in [1.54, 1.807) is 16.7 Å². The minimum Gasteiger partial charge on any atom is -0.347 e. The SMILES string of the molecule is O=C(NCc1ccccc1)c1csc(-c2ccsc2)n1. The minimum atomic E-state index is -0.133. The Bertz CT molecular complexity index is 690. The smallest absolute Gasteiger partial charge is 0.271 e. The van der Waals surface area contributed by atoms with Crippen LogP contribution in [0.25, 0.3) is 10.6 Å². The van der Waals surface area contributed by atoms with E-state index >= 15 is 0 Å². The van der Waals surface area contributed by atoms with Gasteiger partial charge in [0.25, 0.3) is 5.91 Å². The van der Waals surface area contributed by atoms with Crippen molar-refractivity contribution in [3.8, 4) is 10.6 Å². The van der Waals surface area contributed by atoms with Crippen LogP contribution in [0.15, 0.2) is 52.5 Å². The predicted molar refractivity (Wildman–Crippen MR) is 83.0 cm³/mol. The second-order valence-electron chi connectivity index (χ2n) is 4.22. The maximum Gasteiger partial charge on any atom is 0.271 e. The molecule has 20 heavy (non-hydrogen) atoms. The summed E-state index contributed by atoms with van der Waals surface area (Å²) in [5.74, 6) is -0.133. The van der Waals surface area contributed by atoms with E-state index in [4.69, 9.17) is 0 Å². The van der Waals surface area contributed by atoms with Crippen LogP contribution < -0.4 is 5.32 Å². The Balaban J connectivity index is 1.66. The van der Waals surface area contributed by atoms with Crippen LogP contribution in [0.1, 0.15) is 16.1 Å². The Kier molecular flexibility index (Phi) is 3.90. The standard InChI is InChI=1S/C15H12N2OS2/c18-14(16-8-11-4-2-1-3-5-11)13-10-20-15(17-13)12-6-7-19-9-12/h1-7,9-10H,8H2,(H,16,18). The number of carbonyl (C=O) groups excluding carboxylic acids is 1. The normalized spacial score (nSPS) is 10.4. The number of amides is 1. The highest BCUT2D eigenvalue weighted by molar-refractivity contribution is 7.14. The van der Waals surface area contributed by atoms with Crippen LogP contribution in [0.2, 0.25) is 0 Å². The monoisotopic (exact) mass is 300 g/mol. The lowest BCUT2D eigenvalue weighted by atomic mass is 10.2. The first-order valence-corrected chi connectivity index (χ1v) is 7.95. The molecule has 3 nitrogen and oxygen atoms in total. The Morgan fingerprint density at radius 1 is 1.15 bits per heavy atom. The second kappa shape index (κ2) is 5.98. The molecule has 0 saturated carbocycles.